The van der Waals surface area contributed by atoms with Gasteiger partial charge in [-0.1, -0.05) is 152 Å². The Morgan fingerprint density at radius 1 is 0.364 bits per heavy atom. The van der Waals surface area contributed by atoms with Crippen LogP contribution in [0.15, 0.2) is 176 Å². The van der Waals surface area contributed by atoms with E-state index in [2.05, 4.69) is 180 Å². The third-order valence-electron chi connectivity index (χ3n) is 9.49. The lowest BCUT2D eigenvalue weighted by atomic mass is 9.67. The van der Waals surface area contributed by atoms with Crippen LogP contribution >= 0.6 is 0 Å². The summed E-state index contributed by atoms with van der Waals surface area (Å²) in [5, 5.41) is 2.56. The number of rotatable bonds is 4. The largest absolute Gasteiger partial charge is 0.309 e. The third kappa shape index (κ3) is 3.47. The Hall–Kier alpha value is -5.66. The molecule has 0 radical (unpaired) electrons. The number of benzene rings is 7. The molecule has 7 aromatic carbocycles. The Kier molecular flexibility index (Phi) is 5.48. The Labute approximate surface area is 257 Å². The minimum absolute atomic E-state index is 0.377. The van der Waals surface area contributed by atoms with Gasteiger partial charge in [-0.3, -0.25) is 0 Å². The van der Waals surface area contributed by atoms with Gasteiger partial charge in [-0.25, -0.2) is 0 Å². The van der Waals surface area contributed by atoms with E-state index < -0.39 is 0 Å². The van der Waals surface area contributed by atoms with Crippen LogP contribution in [0.4, 0.5) is 0 Å². The van der Waals surface area contributed by atoms with Crippen molar-refractivity contribution in [2.24, 2.45) is 0 Å². The number of para-hydroxylation sites is 2. The molecule has 0 atom stereocenters. The highest BCUT2D eigenvalue weighted by molar-refractivity contribution is 6.09. The summed E-state index contributed by atoms with van der Waals surface area (Å²) in [6, 6.07) is 64.4. The zero-order valence-corrected chi connectivity index (χ0v) is 24.2. The van der Waals surface area contributed by atoms with Gasteiger partial charge in [0.2, 0.25) is 0 Å². The van der Waals surface area contributed by atoms with Crippen molar-refractivity contribution in [3.05, 3.63) is 198 Å². The van der Waals surface area contributed by atoms with Gasteiger partial charge in [0.1, 0.15) is 0 Å². The topological polar surface area (TPSA) is 4.93 Å². The van der Waals surface area contributed by atoms with Crippen LogP contribution in [-0.2, 0) is 5.41 Å². The summed E-state index contributed by atoms with van der Waals surface area (Å²) in [6.45, 7) is 0. The summed E-state index contributed by atoms with van der Waals surface area (Å²) in [5.41, 5.74) is 13.5. The summed E-state index contributed by atoms with van der Waals surface area (Å²) in [7, 11) is 0. The molecule has 0 aliphatic heterocycles. The van der Waals surface area contributed by atoms with Crippen molar-refractivity contribution < 1.29 is 0 Å². The van der Waals surface area contributed by atoms with Gasteiger partial charge in [-0.05, 0) is 68.8 Å². The molecule has 1 nitrogen and oxygen atoms in total. The lowest BCUT2D eigenvalue weighted by molar-refractivity contribution is 0.768. The molecule has 0 N–H and O–H groups in total. The van der Waals surface area contributed by atoms with Crippen LogP contribution in [0.25, 0.3) is 49.7 Å². The van der Waals surface area contributed by atoms with E-state index in [9.17, 15) is 0 Å². The van der Waals surface area contributed by atoms with Crippen molar-refractivity contribution in [3.8, 4) is 27.9 Å². The first-order valence-corrected chi connectivity index (χ1v) is 15.3. The van der Waals surface area contributed by atoms with Crippen LogP contribution in [0.1, 0.15) is 22.3 Å². The SMILES string of the molecule is c1ccc(C2(c3ccc(-c4cccc(-n5c6ccccc6c6ccccc65)c4)cc3)c3ccccc3-c3ccccc32)cc1. The lowest BCUT2D eigenvalue weighted by Gasteiger charge is -2.34. The van der Waals surface area contributed by atoms with Crippen LogP contribution in [0.2, 0.25) is 0 Å². The summed E-state index contributed by atoms with van der Waals surface area (Å²) in [5.74, 6) is 0. The molecule has 0 unspecified atom stereocenters. The van der Waals surface area contributed by atoms with Crippen molar-refractivity contribution in [1.82, 2.24) is 4.57 Å². The predicted molar refractivity (Wildman–Crippen MR) is 184 cm³/mol. The number of aromatic nitrogens is 1. The fraction of sp³-hybridized carbons (Fsp3) is 0.0233. The van der Waals surface area contributed by atoms with Gasteiger partial charge >= 0.3 is 0 Å². The van der Waals surface area contributed by atoms with Crippen molar-refractivity contribution in [2.45, 2.75) is 5.41 Å². The van der Waals surface area contributed by atoms with Gasteiger partial charge in [0, 0.05) is 16.5 Å². The molecule has 9 rings (SSSR count). The molecular formula is C43H29N. The predicted octanol–water partition coefficient (Wildman–Crippen LogP) is 10.8. The summed E-state index contributed by atoms with van der Waals surface area (Å²) >= 11 is 0. The number of hydrogen-bond acceptors (Lipinski definition) is 0. The van der Waals surface area contributed by atoms with Gasteiger partial charge in [-0.2, -0.15) is 0 Å². The molecule has 1 aliphatic rings. The molecule has 1 heteroatoms. The fourth-order valence-corrected chi connectivity index (χ4v) is 7.65. The monoisotopic (exact) mass is 559 g/mol. The second-order valence-electron chi connectivity index (χ2n) is 11.7. The molecule has 0 spiro atoms. The first kappa shape index (κ1) is 24.9. The molecule has 206 valence electrons. The van der Waals surface area contributed by atoms with Crippen molar-refractivity contribution in [1.29, 1.82) is 0 Å². The highest BCUT2D eigenvalue weighted by Crippen LogP contribution is 2.56. The number of fused-ring (bicyclic) bond motifs is 6. The summed E-state index contributed by atoms with van der Waals surface area (Å²) < 4.78 is 2.39. The molecule has 1 heterocycles. The van der Waals surface area contributed by atoms with Crippen molar-refractivity contribution in [2.75, 3.05) is 0 Å². The van der Waals surface area contributed by atoms with Crippen molar-refractivity contribution >= 4 is 21.8 Å². The standard InChI is InChI=1S/C43H29N/c1-2-14-32(15-3-1)43(39-21-8-4-17-35(39)36-18-5-9-22-40(36)43)33-27-25-30(26-28-33)31-13-12-16-34(29-31)44-41-23-10-6-19-37(41)38-20-7-11-24-42(38)44/h1-29H. The molecule has 8 aromatic rings. The molecule has 0 amide bonds. The average molecular weight is 560 g/mol. The van der Waals surface area contributed by atoms with E-state index in [0.717, 1.165) is 0 Å². The van der Waals surface area contributed by atoms with Crippen molar-refractivity contribution in [3.63, 3.8) is 0 Å². The van der Waals surface area contributed by atoms with Crippen LogP contribution < -0.4 is 0 Å². The normalized spacial score (nSPS) is 13.2. The molecule has 1 aromatic heterocycles. The minimum atomic E-state index is -0.377. The smallest absolute Gasteiger partial charge is 0.0713 e. The Balaban J connectivity index is 1.21. The van der Waals surface area contributed by atoms with Gasteiger partial charge in [0.25, 0.3) is 0 Å². The average Bonchev–Trinajstić information content (AvgIpc) is 3.60. The second kappa shape index (κ2) is 9.69. The Morgan fingerprint density at radius 2 is 0.886 bits per heavy atom. The molecular weight excluding hydrogens is 530 g/mol. The van der Waals surface area contributed by atoms with E-state index >= 15 is 0 Å². The molecule has 0 fully saturated rings. The second-order valence-corrected chi connectivity index (χ2v) is 11.7. The maximum Gasteiger partial charge on any atom is 0.0713 e. The maximum atomic E-state index is 2.39. The fourth-order valence-electron chi connectivity index (χ4n) is 7.65. The lowest BCUT2D eigenvalue weighted by Crippen LogP contribution is -2.28. The Morgan fingerprint density at radius 3 is 1.52 bits per heavy atom. The maximum absolute atomic E-state index is 2.39. The van der Waals surface area contributed by atoms with Gasteiger partial charge < -0.3 is 4.57 Å². The summed E-state index contributed by atoms with van der Waals surface area (Å²) in [6.07, 6.45) is 0. The first-order chi connectivity index (χ1) is 21.8. The van der Waals surface area contributed by atoms with E-state index in [0.29, 0.717) is 0 Å². The molecule has 0 saturated heterocycles. The quantitative estimate of drug-likeness (QED) is 0.202. The van der Waals surface area contributed by atoms with E-state index in [1.165, 1.54) is 72.0 Å². The summed E-state index contributed by atoms with van der Waals surface area (Å²) in [4.78, 5) is 0. The first-order valence-electron chi connectivity index (χ1n) is 15.3. The van der Waals surface area contributed by atoms with E-state index in [-0.39, 0.29) is 5.41 Å². The van der Waals surface area contributed by atoms with E-state index in [4.69, 9.17) is 0 Å². The number of nitrogens with zero attached hydrogens (tertiary/aromatic N) is 1. The molecule has 0 bridgehead atoms. The van der Waals surface area contributed by atoms with Gasteiger partial charge in [0.15, 0.2) is 0 Å². The molecule has 44 heavy (non-hydrogen) atoms. The molecule has 1 aliphatic carbocycles. The van der Waals surface area contributed by atoms with Crippen LogP contribution in [0, 0.1) is 0 Å². The zero-order chi connectivity index (χ0) is 29.1. The van der Waals surface area contributed by atoms with Crippen LogP contribution in [0.3, 0.4) is 0 Å². The highest BCUT2D eigenvalue weighted by Gasteiger charge is 2.45. The van der Waals surface area contributed by atoms with Crippen LogP contribution in [0.5, 0.6) is 0 Å². The van der Waals surface area contributed by atoms with E-state index in [1.54, 1.807) is 0 Å². The minimum Gasteiger partial charge on any atom is -0.309 e. The number of hydrogen-bond donors (Lipinski definition) is 0. The third-order valence-corrected chi connectivity index (χ3v) is 9.49. The van der Waals surface area contributed by atoms with E-state index in [1.807, 2.05) is 0 Å². The van der Waals surface area contributed by atoms with Crippen LogP contribution in [-0.4, -0.2) is 4.57 Å². The van der Waals surface area contributed by atoms with Gasteiger partial charge in [0.05, 0.1) is 16.4 Å². The zero-order valence-electron chi connectivity index (χ0n) is 24.2. The van der Waals surface area contributed by atoms with Gasteiger partial charge in [-0.15, -0.1) is 0 Å². The molecule has 0 saturated carbocycles. The highest BCUT2D eigenvalue weighted by atomic mass is 15.0. The Bertz CT molecular complexity index is 2220.